The Labute approximate surface area is 91.1 Å². The first-order valence-electron chi connectivity index (χ1n) is 5.20. The van der Waals surface area contributed by atoms with Crippen LogP contribution in [0.2, 0.25) is 0 Å². The monoisotopic (exact) mass is 203 g/mol. The number of hydrogen-bond donors (Lipinski definition) is 2. The fraction of sp³-hybridized carbons (Fsp3) is 0.417. The molecular formula is C12H17N3. The summed E-state index contributed by atoms with van der Waals surface area (Å²) in [5, 5.41) is 15.2. The molecule has 15 heavy (non-hydrogen) atoms. The minimum absolute atomic E-state index is 0.521. The summed E-state index contributed by atoms with van der Waals surface area (Å²) in [7, 11) is 0. The minimum Gasteiger partial charge on any atom is -0.384 e. The van der Waals surface area contributed by atoms with Gasteiger partial charge in [0.25, 0.3) is 0 Å². The molecule has 0 aliphatic carbocycles. The van der Waals surface area contributed by atoms with Gasteiger partial charge in [-0.2, -0.15) is 5.26 Å². The van der Waals surface area contributed by atoms with Crippen LogP contribution in [0.25, 0.3) is 0 Å². The zero-order chi connectivity index (χ0) is 11.1. The van der Waals surface area contributed by atoms with Crippen LogP contribution in [0.4, 0.5) is 5.69 Å². The van der Waals surface area contributed by atoms with E-state index in [1.54, 1.807) is 0 Å². The predicted molar refractivity (Wildman–Crippen MR) is 62.8 cm³/mol. The molecule has 0 saturated heterocycles. The fourth-order valence-corrected chi connectivity index (χ4v) is 1.23. The Kier molecular flexibility index (Phi) is 4.65. The van der Waals surface area contributed by atoms with Gasteiger partial charge in [-0.05, 0) is 24.3 Å². The first-order valence-corrected chi connectivity index (χ1v) is 5.20. The maximum absolute atomic E-state index is 8.62. The van der Waals surface area contributed by atoms with Crippen molar-refractivity contribution >= 4 is 5.69 Å². The topological polar surface area (TPSA) is 47.8 Å². The van der Waals surface area contributed by atoms with Crippen LogP contribution in [0.1, 0.15) is 19.4 Å². The van der Waals surface area contributed by atoms with E-state index in [4.69, 9.17) is 5.26 Å². The molecule has 1 aromatic rings. The number of nitriles is 1. The van der Waals surface area contributed by atoms with Crippen LogP contribution in [0.3, 0.4) is 0 Å². The molecule has 2 N–H and O–H groups in total. The molecule has 3 heteroatoms. The molecule has 80 valence electrons. The summed E-state index contributed by atoms with van der Waals surface area (Å²) in [6, 6.07) is 10.1. The van der Waals surface area contributed by atoms with Crippen molar-refractivity contribution in [1.82, 2.24) is 5.32 Å². The molecule has 0 aliphatic rings. The van der Waals surface area contributed by atoms with Gasteiger partial charge in [-0.3, -0.25) is 0 Å². The average molecular weight is 203 g/mol. The van der Waals surface area contributed by atoms with Crippen LogP contribution >= 0.6 is 0 Å². The molecule has 3 nitrogen and oxygen atoms in total. The molecule has 0 atom stereocenters. The van der Waals surface area contributed by atoms with E-state index >= 15 is 0 Å². The van der Waals surface area contributed by atoms with E-state index in [1.165, 1.54) is 0 Å². The van der Waals surface area contributed by atoms with Gasteiger partial charge in [-0.25, -0.2) is 0 Å². The van der Waals surface area contributed by atoms with Gasteiger partial charge in [0.2, 0.25) is 0 Å². The zero-order valence-corrected chi connectivity index (χ0v) is 9.25. The molecule has 0 unspecified atom stereocenters. The van der Waals surface area contributed by atoms with Crippen LogP contribution < -0.4 is 10.6 Å². The van der Waals surface area contributed by atoms with Gasteiger partial charge < -0.3 is 10.6 Å². The van der Waals surface area contributed by atoms with Crippen molar-refractivity contribution in [3.63, 3.8) is 0 Å². The smallest absolute Gasteiger partial charge is 0.0991 e. The second kappa shape index (κ2) is 6.05. The van der Waals surface area contributed by atoms with E-state index in [2.05, 4.69) is 30.6 Å². The van der Waals surface area contributed by atoms with Gasteiger partial charge in [0, 0.05) is 24.8 Å². The summed E-state index contributed by atoms with van der Waals surface area (Å²) in [5.41, 5.74) is 1.75. The van der Waals surface area contributed by atoms with Crippen molar-refractivity contribution in [1.29, 1.82) is 5.26 Å². The third kappa shape index (κ3) is 4.48. The van der Waals surface area contributed by atoms with Crippen molar-refractivity contribution in [3.05, 3.63) is 29.8 Å². The van der Waals surface area contributed by atoms with Crippen LogP contribution in [0.5, 0.6) is 0 Å². The Hall–Kier alpha value is -1.53. The van der Waals surface area contributed by atoms with Crippen molar-refractivity contribution < 1.29 is 0 Å². The first-order chi connectivity index (χ1) is 7.22. The van der Waals surface area contributed by atoms with E-state index in [0.717, 1.165) is 18.8 Å². The highest BCUT2D eigenvalue weighted by molar-refractivity contribution is 5.47. The van der Waals surface area contributed by atoms with Gasteiger partial charge in [0.1, 0.15) is 0 Å². The number of rotatable bonds is 5. The summed E-state index contributed by atoms with van der Waals surface area (Å²) < 4.78 is 0. The van der Waals surface area contributed by atoms with E-state index in [-0.39, 0.29) is 0 Å². The highest BCUT2D eigenvalue weighted by Gasteiger charge is 1.93. The quantitative estimate of drug-likeness (QED) is 0.719. The predicted octanol–water partition coefficient (Wildman–Crippen LogP) is 1.97. The summed E-state index contributed by atoms with van der Waals surface area (Å²) >= 11 is 0. The largest absolute Gasteiger partial charge is 0.384 e. The molecule has 0 radical (unpaired) electrons. The van der Waals surface area contributed by atoms with Crippen LogP contribution in [-0.2, 0) is 0 Å². The molecule has 1 aromatic carbocycles. The molecule has 0 aliphatic heterocycles. The lowest BCUT2D eigenvalue weighted by atomic mass is 10.2. The van der Waals surface area contributed by atoms with Crippen LogP contribution in [-0.4, -0.2) is 19.1 Å². The summed E-state index contributed by atoms with van der Waals surface area (Å²) in [4.78, 5) is 0. The number of benzene rings is 1. The molecule has 1 rings (SSSR count). The highest BCUT2D eigenvalue weighted by atomic mass is 15.0. The second-order valence-electron chi connectivity index (χ2n) is 3.72. The van der Waals surface area contributed by atoms with Crippen LogP contribution in [0.15, 0.2) is 24.3 Å². The standard InChI is InChI=1S/C12H17N3/c1-10(2)14-7-8-15-12-5-3-11(9-13)4-6-12/h3-6,10,14-15H,7-8H2,1-2H3. The van der Waals surface area contributed by atoms with Gasteiger partial charge in [0.05, 0.1) is 11.6 Å². The van der Waals surface area contributed by atoms with Crippen molar-refractivity contribution in [2.45, 2.75) is 19.9 Å². The minimum atomic E-state index is 0.521. The third-order valence-corrected chi connectivity index (χ3v) is 2.02. The summed E-state index contributed by atoms with van der Waals surface area (Å²) in [6.45, 7) is 6.09. The van der Waals surface area contributed by atoms with E-state index in [1.807, 2.05) is 24.3 Å². The van der Waals surface area contributed by atoms with E-state index in [9.17, 15) is 0 Å². The number of nitrogens with zero attached hydrogens (tertiary/aromatic N) is 1. The lowest BCUT2D eigenvalue weighted by Crippen LogP contribution is -2.28. The Balaban J connectivity index is 2.29. The van der Waals surface area contributed by atoms with Crippen molar-refractivity contribution in [3.8, 4) is 6.07 Å². The maximum Gasteiger partial charge on any atom is 0.0991 e. The number of anilines is 1. The Morgan fingerprint density at radius 2 is 1.87 bits per heavy atom. The molecule has 0 spiro atoms. The molecule has 0 fully saturated rings. The van der Waals surface area contributed by atoms with Gasteiger partial charge in [-0.1, -0.05) is 13.8 Å². The molecule has 0 saturated carbocycles. The van der Waals surface area contributed by atoms with Gasteiger partial charge in [0.15, 0.2) is 0 Å². The van der Waals surface area contributed by atoms with Crippen molar-refractivity contribution in [2.75, 3.05) is 18.4 Å². The van der Waals surface area contributed by atoms with Gasteiger partial charge >= 0.3 is 0 Å². The van der Waals surface area contributed by atoms with E-state index < -0.39 is 0 Å². The SMILES string of the molecule is CC(C)NCCNc1ccc(C#N)cc1. The molecular weight excluding hydrogens is 186 g/mol. The highest BCUT2D eigenvalue weighted by Crippen LogP contribution is 2.07. The first kappa shape index (κ1) is 11.5. The third-order valence-electron chi connectivity index (χ3n) is 2.02. The van der Waals surface area contributed by atoms with Gasteiger partial charge in [-0.15, -0.1) is 0 Å². The summed E-state index contributed by atoms with van der Waals surface area (Å²) in [5.74, 6) is 0. The average Bonchev–Trinajstić information content (AvgIpc) is 2.25. The Morgan fingerprint density at radius 3 is 2.40 bits per heavy atom. The Morgan fingerprint density at radius 1 is 1.20 bits per heavy atom. The number of nitrogens with one attached hydrogen (secondary N) is 2. The maximum atomic E-state index is 8.62. The zero-order valence-electron chi connectivity index (χ0n) is 9.25. The second-order valence-corrected chi connectivity index (χ2v) is 3.72. The van der Waals surface area contributed by atoms with Crippen molar-refractivity contribution in [2.24, 2.45) is 0 Å². The molecule has 0 bridgehead atoms. The lowest BCUT2D eigenvalue weighted by Gasteiger charge is -2.09. The van der Waals surface area contributed by atoms with E-state index in [0.29, 0.717) is 11.6 Å². The fourth-order valence-electron chi connectivity index (χ4n) is 1.23. The summed E-state index contributed by atoms with van der Waals surface area (Å²) in [6.07, 6.45) is 0. The normalized spacial score (nSPS) is 10.0. The van der Waals surface area contributed by atoms with Crippen LogP contribution in [0, 0.1) is 11.3 Å². The molecule has 0 heterocycles. The lowest BCUT2D eigenvalue weighted by molar-refractivity contribution is 0.602. The molecule has 0 amide bonds. The Bertz CT molecular complexity index is 322. The number of hydrogen-bond acceptors (Lipinski definition) is 3. The molecule has 0 aromatic heterocycles.